The van der Waals surface area contributed by atoms with Crippen LogP contribution in [0.4, 0.5) is 26.3 Å². The Balaban J connectivity index is 3.26. The van der Waals surface area contributed by atoms with Crippen molar-refractivity contribution in [2.24, 2.45) is 0 Å². The van der Waals surface area contributed by atoms with Crippen LogP contribution in [-0.4, -0.2) is 72.2 Å². The van der Waals surface area contributed by atoms with Gasteiger partial charge in [0.2, 0.25) is 0 Å². The molecule has 0 amide bonds. The van der Waals surface area contributed by atoms with E-state index in [1.54, 1.807) is 0 Å². The SMILES string of the molecule is O=C(O)c1cc(-c2cc(C(=O)O)c(C(=O)O)c(S(=O)(=O)C(F)(F)F)c2)cc(S(=O)(=O)C(F)(F)F)c1C(=O)O. The molecule has 0 radical (unpaired) electrons. The third kappa shape index (κ3) is 4.98. The predicted molar refractivity (Wildman–Crippen MR) is 106 cm³/mol. The van der Waals surface area contributed by atoms with Crippen LogP contribution in [0.1, 0.15) is 41.4 Å². The molecule has 2 aromatic carbocycles. The second-order valence-corrected chi connectivity index (χ2v) is 10.7. The summed E-state index contributed by atoms with van der Waals surface area (Å²) in [7, 11) is -13.4. The van der Waals surface area contributed by atoms with E-state index in [9.17, 15) is 82.8 Å². The van der Waals surface area contributed by atoms with Crippen LogP contribution < -0.4 is 0 Å². The van der Waals surface area contributed by atoms with Gasteiger partial charge in [0.15, 0.2) is 0 Å². The number of carbonyl (C=O) groups is 4. The van der Waals surface area contributed by atoms with Gasteiger partial charge in [-0.3, -0.25) is 0 Å². The van der Waals surface area contributed by atoms with E-state index in [1.165, 1.54) is 0 Å². The Morgan fingerprint density at radius 1 is 0.526 bits per heavy atom. The first kappa shape index (κ1) is 30.0. The number of alkyl halides is 6. The smallest absolute Gasteiger partial charge is 0.478 e. The second kappa shape index (κ2) is 9.28. The van der Waals surface area contributed by atoms with Gasteiger partial charge in [0.05, 0.1) is 32.0 Å². The van der Waals surface area contributed by atoms with E-state index in [4.69, 9.17) is 0 Å². The second-order valence-electron chi connectivity index (χ2n) is 6.91. The van der Waals surface area contributed by atoms with Gasteiger partial charge in [-0.1, -0.05) is 0 Å². The van der Waals surface area contributed by atoms with E-state index in [2.05, 4.69) is 0 Å². The Morgan fingerprint density at radius 3 is 0.974 bits per heavy atom. The number of hydrogen-bond acceptors (Lipinski definition) is 8. The number of carboxylic acid groups (broad SMARTS) is 4. The molecule has 4 N–H and O–H groups in total. The van der Waals surface area contributed by atoms with Crippen LogP contribution in [0.2, 0.25) is 0 Å². The average molecular weight is 594 g/mol. The molecule has 0 aliphatic rings. The molecule has 0 saturated carbocycles. The highest BCUT2D eigenvalue weighted by Gasteiger charge is 2.51. The molecule has 0 heterocycles. The first-order valence-corrected chi connectivity index (χ1v) is 11.9. The van der Waals surface area contributed by atoms with Crippen molar-refractivity contribution >= 4 is 43.6 Å². The first-order chi connectivity index (χ1) is 17.0. The van der Waals surface area contributed by atoms with E-state index < -0.39 is 97.7 Å². The zero-order valence-corrected chi connectivity index (χ0v) is 19.1. The van der Waals surface area contributed by atoms with Gasteiger partial charge in [-0.05, 0) is 35.4 Å². The van der Waals surface area contributed by atoms with E-state index in [1.807, 2.05) is 0 Å². The summed E-state index contributed by atoms with van der Waals surface area (Å²) in [6.45, 7) is 0. The molecule has 12 nitrogen and oxygen atoms in total. The topological polar surface area (TPSA) is 217 Å². The van der Waals surface area contributed by atoms with Crippen LogP contribution in [0.3, 0.4) is 0 Å². The molecule has 0 aromatic heterocycles. The Hall–Kier alpha value is -4.20. The zero-order valence-electron chi connectivity index (χ0n) is 17.4. The highest BCUT2D eigenvalue weighted by molar-refractivity contribution is 7.92. The molecule has 0 bridgehead atoms. The van der Waals surface area contributed by atoms with E-state index >= 15 is 0 Å². The Bertz CT molecular complexity index is 1500. The molecule has 0 fully saturated rings. The summed E-state index contributed by atoms with van der Waals surface area (Å²) in [5.41, 5.74) is -22.2. The van der Waals surface area contributed by atoms with E-state index in [0.717, 1.165) is 0 Å². The lowest BCUT2D eigenvalue weighted by Gasteiger charge is -2.17. The van der Waals surface area contributed by atoms with Crippen LogP contribution in [-0.2, 0) is 19.7 Å². The van der Waals surface area contributed by atoms with Crippen LogP contribution in [0, 0.1) is 0 Å². The van der Waals surface area contributed by atoms with Gasteiger partial charge < -0.3 is 20.4 Å². The van der Waals surface area contributed by atoms with E-state index in [0.29, 0.717) is 0 Å². The standard InChI is InChI=1S/C18H8F6O12S2/c19-17(20,21)37(33,34)9-3-5(1-7(13(25)26)11(9)15(29)30)6-2-8(14(27)28)12(16(31)32)10(4-6)38(35,36)18(22,23)24/h1-4H,(H,25,26)(H,27,28)(H,29,30)(H,31,32). The number of sulfone groups is 2. The average Bonchev–Trinajstić information content (AvgIpc) is 2.75. The molecule has 38 heavy (non-hydrogen) atoms. The lowest BCUT2D eigenvalue weighted by molar-refractivity contribution is -0.0442. The number of aromatic carboxylic acids is 4. The quantitative estimate of drug-likeness (QED) is 0.340. The van der Waals surface area contributed by atoms with Gasteiger partial charge in [0, 0.05) is 0 Å². The van der Waals surface area contributed by atoms with Crippen molar-refractivity contribution in [1.29, 1.82) is 0 Å². The Kier molecular flexibility index (Phi) is 7.33. The summed E-state index contributed by atoms with van der Waals surface area (Å²) in [5, 5.41) is 36.9. The normalized spacial score (nSPS) is 12.7. The summed E-state index contributed by atoms with van der Waals surface area (Å²) < 4.78 is 127. The zero-order chi connectivity index (χ0) is 29.8. The van der Waals surface area contributed by atoms with Crippen LogP contribution in [0.5, 0.6) is 0 Å². The maximum absolute atomic E-state index is 13.2. The number of benzene rings is 2. The first-order valence-electron chi connectivity index (χ1n) is 8.89. The molecule has 0 aliphatic heterocycles. The van der Waals surface area contributed by atoms with Crippen LogP contribution in [0.15, 0.2) is 34.1 Å². The highest BCUT2D eigenvalue weighted by atomic mass is 32.2. The fraction of sp³-hybridized carbons (Fsp3) is 0.111. The van der Waals surface area contributed by atoms with Crippen LogP contribution in [0.25, 0.3) is 11.1 Å². The molecule has 0 unspecified atom stereocenters. The summed E-state index contributed by atoms with van der Waals surface area (Å²) in [6, 6.07) is -0.201. The molecule has 2 aromatic rings. The fourth-order valence-electron chi connectivity index (χ4n) is 3.02. The molecule has 0 spiro atoms. The van der Waals surface area contributed by atoms with Crippen molar-refractivity contribution in [2.75, 3.05) is 0 Å². The Labute approximate surface area is 205 Å². The number of halogens is 6. The third-order valence-corrected chi connectivity index (χ3v) is 7.64. The van der Waals surface area contributed by atoms with E-state index in [-0.39, 0.29) is 24.3 Å². The summed E-state index contributed by atoms with van der Waals surface area (Å²) in [4.78, 5) is 41.6. The van der Waals surface area contributed by atoms with Crippen molar-refractivity contribution in [3.05, 3.63) is 46.5 Å². The molecule has 20 heteroatoms. The fourth-order valence-corrected chi connectivity index (χ4v) is 5.01. The summed E-state index contributed by atoms with van der Waals surface area (Å²) >= 11 is 0. The lowest BCUT2D eigenvalue weighted by Crippen LogP contribution is -2.27. The van der Waals surface area contributed by atoms with Crippen LogP contribution >= 0.6 is 0 Å². The minimum absolute atomic E-state index is 0.104. The van der Waals surface area contributed by atoms with Crippen molar-refractivity contribution < 1.29 is 82.8 Å². The van der Waals surface area contributed by atoms with Crippen molar-refractivity contribution in [2.45, 2.75) is 20.8 Å². The summed E-state index contributed by atoms with van der Waals surface area (Å²) in [5.74, 6) is -9.76. The van der Waals surface area contributed by atoms with Gasteiger partial charge in [-0.25, -0.2) is 36.0 Å². The highest BCUT2D eigenvalue weighted by Crippen LogP contribution is 2.40. The molecule has 0 saturated heterocycles. The molecular weight excluding hydrogens is 586 g/mol. The van der Waals surface area contributed by atoms with Gasteiger partial charge in [-0.2, -0.15) is 26.3 Å². The minimum atomic E-state index is -6.70. The minimum Gasteiger partial charge on any atom is -0.478 e. The Morgan fingerprint density at radius 2 is 0.789 bits per heavy atom. The molecular formula is C18H8F6O12S2. The lowest BCUT2D eigenvalue weighted by atomic mass is 9.95. The molecule has 0 aliphatic carbocycles. The van der Waals surface area contributed by atoms with Crippen molar-refractivity contribution in [3.63, 3.8) is 0 Å². The van der Waals surface area contributed by atoms with Gasteiger partial charge in [0.1, 0.15) is 0 Å². The van der Waals surface area contributed by atoms with Crippen molar-refractivity contribution in [3.8, 4) is 11.1 Å². The van der Waals surface area contributed by atoms with Gasteiger partial charge >= 0.3 is 34.9 Å². The molecule has 2 rings (SSSR count). The number of carboxylic acids is 4. The number of hydrogen-bond donors (Lipinski definition) is 4. The molecule has 206 valence electrons. The maximum Gasteiger partial charge on any atom is 0.501 e. The number of rotatable bonds is 7. The largest absolute Gasteiger partial charge is 0.501 e. The molecule has 0 atom stereocenters. The van der Waals surface area contributed by atoms with Gasteiger partial charge in [0.25, 0.3) is 19.7 Å². The predicted octanol–water partition coefficient (Wildman–Crippen LogP) is 2.73. The maximum atomic E-state index is 13.2. The summed E-state index contributed by atoms with van der Waals surface area (Å²) in [6.07, 6.45) is 0. The third-order valence-electron chi connectivity index (χ3n) is 4.61. The van der Waals surface area contributed by atoms with Gasteiger partial charge in [-0.15, -0.1) is 0 Å². The van der Waals surface area contributed by atoms with Crippen molar-refractivity contribution in [1.82, 2.24) is 0 Å². The monoisotopic (exact) mass is 594 g/mol.